The Bertz CT molecular complexity index is 517. The van der Waals surface area contributed by atoms with Crippen LogP contribution in [0.2, 0.25) is 5.02 Å². The van der Waals surface area contributed by atoms with Crippen LogP contribution in [0, 0.1) is 0 Å². The molecule has 0 amide bonds. The normalized spacial score (nSPS) is 24.2. The highest BCUT2D eigenvalue weighted by molar-refractivity contribution is 8.18. The summed E-state index contributed by atoms with van der Waals surface area (Å²) >= 11 is 5.84. The second kappa shape index (κ2) is 4.75. The van der Waals surface area contributed by atoms with Gasteiger partial charge in [0, 0.05) is 16.7 Å². The van der Waals surface area contributed by atoms with Gasteiger partial charge < -0.3 is 0 Å². The fraction of sp³-hybridized carbons (Fsp3) is 0.308. The van der Waals surface area contributed by atoms with Crippen molar-refractivity contribution in [2.45, 2.75) is 18.6 Å². The molecule has 0 saturated heterocycles. The van der Waals surface area contributed by atoms with Crippen LogP contribution in [0.15, 0.2) is 24.3 Å². The largest absolute Gasteiger partial charge is 0.294 e. The predicted molar refractivity (Wildman–Crippen MR) is 73.0 cm³/mol. The van der Waals surface area contributed by atoms with Crippen molar-refractivity contribution in [3.8, 4) is 0 Å². The summed E-state index contributed by atoms with van der Waals surface area (Å²) in [6, 6.07) is 7.52. The zero-order chi connectivity index (χ0) is 12.6. The summed E-state index contributed by atoms with van der Waals surface area (Å²) in [4.78, 5) is 23.7. The minimum absolute atomic E-state index is 0.00304. The van der Waals surface area contributed by atoms with Gasteiger partial charge in [0.25, 0.3) is 0 Å². The molecule has 0 saturated carbocycles. The van der Waals surface area contributed by atoms with Gasteiger partial charge >= 0.3 is 0 Å². The van der Waals surface area contributed by atoms with Crippen LogP contribution in [-0.4, -0.2) is 22.7 Å². The zero-order valence-electron chi connectivity index (χ0n) is 9.70. The minimum atomic E-state index is -0.292. The fourth-order valence-corrected chi connectivity index (χ4v) is 4.40. The van der Waals surface area contributed by atoms with Crippen molar-refractivity contribution in [1.82, 2.24) is 0 Å². The number of carbonyl (C=O) groups excluding carboxylic acids is 2. The summed E-state index contributed by atoms with van der Waals surface area (Å²) in [6.07, 6.45) is 2.41. The first kappa shape index (κ1) is 12.5. The van der Waals surface area contributed by atoms with Gasteiger partial charge in [-0.1, -0.05) is 23.7 Å². The Labute approximate surface area is 108 Å². The molecule has 1 aromatic carbocycles. The molecular weight excluding hydrogens is 256 g/mol. The fourth-order valence-electron chi connectivity index (χ4n) is 2.13. The Morgan fingerprint density at radius 2 is 1.94 bits per heavy atom. The molecule has 1 aromatic rings. The lowest BCUT2D eigenvalue weighted by Crippen LogP contribution is -2.16. The maximum absolute atomic E-state index is 11.8. The molecule has 0 N–H and O–H groups in total. The highest BCUT2D eigenvalue weighted by atomic mass is 35.5. The van der Waals surface area contributed by atoms with Crippen molar-refractivity contribution in [2.24, 2.45) is 0 Å². The van der Waals surface area contributed by atoms with E-state index in [2.05, 4.69) is 0 Å². The van der Waals surface area contributed by atoms with Crippen LogP contribution in [0.1, 0.15) is 24.2 Å². The number of halogens is 1. The van der Waals surface area contributed by atoms with E-state index >= 15 is 0 Å². The first-order valence-corrected chi connectivity index (χ1v) is 7.39. The predicted octanol–water partition coefficient (Wildman–Crippen LogP) is 3.01. The molecular formula is C13H13ClO2S. The summed E-state index contributed by atoms with van der Waals surface area (Å²) < 4.78 is 0. The van der Waals surface area contributed by atoms with Gasteiger partial charge in [-0.25, -0.2) is 0 Å². The quantitative estimate of drug-likeness (QED) is 0.773. The summed E-state index contributed by atoms with van der Waals surface area (Å²) in [7, 11) is -0.292. The van der Waals surface area contributed by atoms with Gasteiger partial charge in [-0.05, 0) is 30.9 Å². The van der Waals surface area contributed by atoms with E-state index in [0.717, 1.165) is 5.56 Å². The molecule has 2 rings (SSSR count). The van der Waals surface area contributed by atoms with Crippen molar-refractivity contribution in [1.29, 1.82) is 0 Å². The molecule has 1 aliphatic rings. The van der Waals surface area contributed by atoms with Crippen LogP contribution >= 0.6 is 22.1 Å². The van der Waals surface area contributed by atoms with Crippen LogP contribution in [0.4, 0.5) is 0 Å². The molecule has 0 aliphatic carbocycles. The average molecular weight is 269 g/mol. The highest BCUT2D eigenvalue weighted by Crippen LogP contribution is 2.42. The molecule has 4 heteroatoms. The lowest BCUT2D eigenvalue weighted by molar-refractivity contribution is -0.115. The molecule has 0 fully saturated rings. The summed E-state index contributed by atoms with van der Waals surface area (Å²) in [6.45, 7) is 1.47. The lowest BCUT2D eigenvalue weighted by Gasteiger charge is -2.12. The van der Waals surface area contributed by atoms with Crippen LogP contribution in [-0.2, 0) is 9.59 Å². The van der Waals surface area contributed by atoms with Gasteiger partial charge in [-0.3, -0.25) is 9.59 Å². The van der Waals surface area contributed by atoms with Gasteiger partial charge in [0.1, 0.15) is 0 Å². The van der Waals surface area contributed by atoms with Crippen LogP contribution in [0.5, 0.6) is 0 Å². The standard InChI is InChI=1S/C13H13ClO2S/c1-8(15)13-11(16)7-12(17(13)2)9-3-5-10(14)6-4-9/h3-6,12H,7H2,1-2H3. The van der Waals surface area contributed by atoms with Crippen molar-refractivity contribution in [3.05, 3.63) is 34.9 Å². The van der Waals surface area contributed by atoms with Crippen molar-refractivity contribution in [3.63, 3.8) is 0 Å². The molecule has 0 bridgehead atoms. The smallest absolute Gasteiger partial charge is 0.173 e. The van der Waals surface area contributed by atoms with Crippen LogP contribution < -0.4 is 0 Å². The van der Waals surface area contributed by atoms with E-state index in [-0.39, 0.29) is 27.3 Å². The van der Waals surface area contributed by atoms with E-state index < -0.39 is 0 Å². The molecule has 2 atom stereocenters. The third-order valence-electron chi connectivity index (χ3n) is 2.93. The van der Waals surface area contributed by atoms with E-state index in [9.17, 15) is 9.59 Å². The SMILES string of the molecule is CC(=O)C1=S(C)C(c2ccc(Cl)cc2)CC1=O. The van der Waals surface area contributed by atoms with E-state index in [4.69, 9.17) is 11.6 Å². The molecule has 2 unspecified atom stereocenters. The van der Waals surface area contributed by atoms with Crippen molar-refractivity contribution < 1.29 is 9.59 Å². The van der Waals surface area contributed by atoms with Gasteiger partial charge in [-0.2, -0.15) is 10.5 Å². The van der Waals surface area contributed by atoms with Gasteiger partial charge in [0.15, 0.2) is 11.6 Å². The van der Waals surface area contributed by atoms with Crippen LogP contribution in [0.25, 0.3) is 0 Å². The summed E-state index contributed by atoms with van der Waals surface area (Å²) in [5, 5.41) is 0.823. The number of ketones is 2. The third kappa shape index (κ3) is 2.35. The number of Topliss-reactive ketones (excluding diaryl/α,β-unsaturated/α-hetero) is 2. The maximum Gasteiger partial charge on any atom is 0.173 e. The number of rotatable bonds is 2. The molecule has 1 aliphatic heterocycles. The topological polar surface area (TPSA) is 34.1 Å². The Kier molecular flexibility index (Phi) is 3.50. The van der Waals surface area contributed by atoms with E-state index in [1.807, 2.05) is 30.5 Å². The lowest BCUT2D eigenvalue weighted by atomic mass is 10.1. The molecule has 1 heterocycles. The monoisotopic (exact) mass is 268 g/mol. The van der Waals surface area contributed by atoms with E-state index in [0.29, 0.717) is 16.3 Å². The molecule has 2 nitrogen and oxygen atoms in total. The van der Waals surface area contributed by atoms with Crippen molar-refractivity contribution in [2.75, 3.05) is 6.26 Å². The molecule has 17 heavy (non-hydrogen) atoms. The number of benzene rings is 1. The Hall–Kier alpha value is -0.930. The number of hydrogen-bond donors (Lipinski definition) is 0. The highest BCUT2D eigenvalue weighted by Gasteiger charge is 2.32. The minimum Gasteiger partial charge on any atom is -0.294 e. The molecule has 0 spiro atoms. The van der Waals surface area contributed by atoms with Gasteiger partial charge in [0.05, 0.1) is 4.86 Å². The van der Waals surface area contributed by atoms with Gasteiger partial charge in [-0.15, -0.1) is 0 Å². The summed E-state index contributed by atoms with van der Waals surface area (Å²) in [5.74, 6) is -0.0828. The third-order valence-corrected chi connectivity index (χ3v) is 5.64. The number of hydrogen-bond acceptors (Lipinski definition) is 2. The van der Waals surface area contributed by atoms with Crippen molar-refractivity contribution >= 4 is 38.5 Å². The summed E-state index contributed by atoms with van der Waals surface area (Å²) in [5.41, 5.74) is 1.09. The Morgan fingerprint density at radius 1 is 1.35 bits per heavy atom. The van der Waals surface area contributed by atoms with Gasteiger partial charge in [0.2, 0.25) is 0 Å². The second-order valence-corrected chi connectivity index (χ2v) is 6.64. The average Bonchev–Trinajstić information content (AvgIpc) is 2.55. The second-order valence-electron chi connectivity index (χ2n) is 4.11. The van der Waals surface area contributed by atoms with Crippen LogP contribution in [0.3, 0.4) is 0 Å². The van der Waals surface area contributed by atoms with E-state index in [1.165, 1.54) is 6.92 Å². The maximum atomic E-state index is 11.8. The van der Waals surface area contributed by atoms with E-state index in [1.54, 1.807) is 0 Å². The zero-order valence-corrected chi connectivity index (χ0v) is 11.3. The molecule has 90 valence electrons. The first-order valence-electron chi connectivity index (χ1n) is 5.32. The molecule has 0 aromatic heterocycles. The number of carbonyl (C=O) groups is 2. The molecule has 0 radical (unpaired) electrons. The Balaban J connectivity index is 2.40. The Morgan fingerprint density at radius 3 is 2.41 bits per heavy atom. The first-order chi connectivity index (χ1) is 8.00.